The number of nitrogens with zero attached hydrogens (tertiary/aromatic N) is 2. The number of nitrogens with one attached hydrogen (secondary N) is 1. The zero-order valence-corrected chi connectivity index (χ0v) is 18.8. The number of halogens is 1. The maximum Gasteiger partial charge on any atom is 0.318 e. The Morgan fingerprint density at radius 1 is 1.10 bits per heavy atom. The predicted molar refractivity (Wildman–Crippen MR) is 117 cm³/mol. The molecule has 0 bridgehead atoms. The van der Waals surface area contributed by atoms with Crippen molar-refractivity contribution >= 4 is 23.3 Å². The van der Waals surface area contributed by atoms with Gasteiger partial charge in [0.15, 0.2) is 0 Å². The van der Waals surface area contributed by atoms with Gasteiger partial charge in [-0.3, -0.25) is 4.79 Å². The van der Waals surface area contributed by atoms with E-state index in [0.29, 0.717) is 26.2 Å². The molecule has 1 aromatic heterocycles. The number of hydrogen-bond acceptors (Lipinski definition) is 4. The minimum Gasteiger partial charge on any atom is -0.383 e. The van der Waals surface area contributed by atoms with E-state index >= 15 is 0 Å². The summed E-state index contributed by atoms with van der Waals surface area (Å²) >= 11 is 1.56. The Morgan fingerprint density at radius 2 is 1.80 bits per heavy atom. The summed E-state index contributed by atoms with van der Waals surface area (Å²) in [4.78, 5) is 30.0. The molecular formula is C22H30FN3O3S. The predicted octanol–water partition coefficient (Wildman–Crippen LogP) is 3.87. The number of carbonyl (C=O) groups excluding carboxylic acids is 2. The van der Waals surface area contributed by atoms with Crippen LogP contribution in [0.2, 0.25) is 0 Å². The molecule has 0 atom stereocenters. The number of methoxy groups -OCH3 is 1. The molecule has 0 fully saturated rings. The van der Waals surface area contributed by atoms with E-state index in [1.807, 2.05) is 38.3 Å². The third-order valence-corrected chi connectivity index (χ3v) is 5.09. The molecule has 6 nitrogen and oxygen atoms in total. The van der Waals surface area contributed by atoms with Crippen LogP contribution in [0.4, 0.5) is 9.18 Å². The fraction of sp³-hybridized carbons (Fsp3) is 0.455. The molecule has 0 spiro atoms. The molecule has 164 valence electrons. The molecule has 0 aliphatic heterocycles. The lowest BCUT2D eigenvalue weighted by Crippen LogP contribution is -2.52. The average molecular weight is 436 g/mol. The fourth-order valence-electron chi connectivity index (χ4n) is 2.75. The molecule has 1 heterocycles. The molecule has 1 aromatic carbocycles. The van der Waals surface area contributed by atoms with Gasteiger partial charge in [-0.25, -0.2) is 9.18 Å². The van der Waals surface area contributed by atoms with Gasteiger partial charge in [-0.2, -0.15) is 0 Å². The van der Waals surface area contributed by atoms with Crippen molar-refractivity contribution in [1.29, 1.82) is 0 Å². The molecule has 2 rings (SSSR count). The number of ether oxygens (including phenoxy) is 1. The van der Waals surface area contributed by atoms with Gasteiger partial charge < -0.3 is 19.9 Å². The third-order valence-electron chi connectivity index (χ3n) is 4.23. The lowest BCUT2D eigenvalue weighted by atomic mass is 10.1. The van der Waals surface area contributed by atoms with Gasteiger partial charge in [-0.1, -0.05) is 18.2 Å². The first-order chi connectivity index (χ1) is 14.2. The van der Waals surface area contributed by atoms with E-state index in [9.17, 15) is 14.0 Å². The van der Waals surface area contributed by atoms with Gasteiger partial charge in [0.1, 0.15) is 12.4 Å². The van der Waals surface area contributed by atoms with Crippen LogP contribution >= 0.6 is 11.3 Å². The Labute approximate surface area is 181 Å². The third kappa shape index (κ3) is 8.12. The van der Waals surface area contributed by atoms with Crippen LogP contribution in [0.25, 0.3) is 0 Å². The van der Waals surface area contributed by atoms with Crippen LogP contribution in [0.3, 0.4) is 0 Å². The average Bonchev–Trinajstić information content (AvgIpc) is 3.17. The molecule has 8 heteroatoms. The van der Waals surface area contributed by atoms with Crippen molar-refractivity contribution < 1.29 is 18.7 Å². The number of thiophene rings is 1. The lowest BCUT2D eigenvalue weighted by molar-refractivity contribution is -0.133. The van der Waals surface area contributed by atoms with E-state index in [-0.39, 0.29) is 24.3 Å². The van der Waals surface area contributed by atoms with Gasteiger partial charge in [-0.15, -0.1) is 11.3 Å². The molecule has 1 N–H and O–H groups in total. The number of benzene rings is 1. The first-order valence-electron chi connectivity index (χ1n) is 9.78. The highest BCUT2D eigenvalue weighted by atomic mass is 32.1. The van der Waals surface area contributed by atoms with Gasteiger partial charge in [-0.05, 0) is 49.9 Å². The number of amides is 3. The smallest absolute Gasteiger partial charge is 0.318 e. The highest BCUT2D eigenvalue weighted by Crippen LogP contribution is 2.16. The van der Waals surface area contributed by atoms with Gasteiger partial charge in [0, 0.05) is 30.6 Å². The normalized spacial score (nSPS) is 11.2. The zero-order chi connectivity index (χ0) is 22.1. The lowest BCUT2D eigenvalue weighted by Gasteiger charge is -2.30. The minimum atomic E-state index is -0.420. The summed E-state index contributed by atoms with van der Waals surface area (Å²) in [7, 11) is 1.55. The molecule has 0 aliphatic rings. The van der Waals surface area contributed by atoms with Gasteiger partial charge in [0.25, 0.3) is 0 Å². The van der Waals surface area contributed by atoms with Crippen molar-refractivity contribution in [3.63, 3.8) is 0 Å². The maximum atomic E-state index is 13.3. The zero-order valence-electron chi connectivity index (χ0n) is 18.0. The highest BCUT2D eigenvalue weighted by Gasteiger charge is 2.24. The second-order valence-electron chi connectivity index (χ2n) is 8.05. The molecule has 0 aliphatic carbocycles. The second kappa shape index (κ2) is 11.1. The van der Waals surface area contributed by atoms with Crippen LogP contribution in [0.1, 0.15) is 31.2 Å². The van der Waals surface area contributed by atoms with Crippen LogP contribution in [0.5, 0.6) is 0 Å². The standard InChI is InChI=1S/C22H30FN3O3S/c1-22(2,3)24-21(28)25(11-12-29-4)16-20(27)26(15-19-6-5-13-30-19)14-17-7-9-18(23)10-8-17/h5-10,13H,11-12,14-16H2,1-4H3,(H,24,28). The Bertz CT molecular complexity index is 804. The van der Waals surface area contributed by atoms with E-state index in [2.05, 4.69) is 5.32 Å². The quantitative estimate of drug-likeness (QED) is 0.650. The molecule has 2 aromatic rings. The van der Waals surface area contributed by atoms with Crippen LogP contribution in [0, 0.1) is 5.82 Å². The van der Waals surface area contributed by atoms with E-state index in [0.717, 1.165) is 10.4 Å². The first kappa shape index (κ1) is 23.8. The van der Waals surface area contributed by atoms with Crippen LogP contribution in [0.15, 0.2) is 41.8 Å². The first-order valence-corrected chi connectivity index (χ1v) is 10.7. The summed E-state index contributed by atoms with van der Waals surface area (Å²) in [5.41, 5.74) is 0.403. The summed E-state index contributed by atoms with van der Waals surface area (Å²) in [6.45, 7) is 6.97. The molecule has 0 saturated heterocycles. The van der Waals surface area contributed by atoms with E-state index in [4.69, 9.17) is 4.74 Å². The van der Waals surface area contributed by atoms with E-state index < -0.39 is 5.54 Å². The number of carbonyl (C=O) groups is 2. The van der Waals surface area contributed by atoms with Crippen molar-refractivity contribution in [3.05, 3.63) is 58.0 Å². The van der Waals surface area contributed by atoms with Crippen molar-refractivity contribution in [2.24, 2.45) is 0 Å². The summed E-state index contributed by atoms with van der Waals surface area (Å²) in [6.07, 6.45) is 0. The molecular weight excluding hydrogens is 405 g/mol. The number of urea groups is 1. The summed E-state index contributed by atoms with van der Waals surface area (Å²) < 4.78 is 18.4. The maximum absolute atomic E-state index is 13.3. The fourth-order valence-corrected chi connectivity index (χ4v) is 3.47. The van der Waals surface area contributed by atoms with Gasteiger partial charge in [0.05, 0.1) is 13.2 Å². The van der Waals surface area contributed by atoms with Crippen LogP contribution in [-0.4, -0.2) is 54.1 Å². The van der Waals surface area contributed by atoms with Gasteiger partial charge in [0.2, 0.25) is 5.91 Å². The van der Waals surface area contributed by atoms with Gasteiger partial charge >= 0.3 is 6.03 Å². The summed E-state index contributed by atoms with van der Waals surface area (Å²) in [5, 5.41) is 4.85. The molecule has 30 heavy (non-hydrogen) atoms. The highest BCUT2D eigenvalue weighted by molar-refractivity contribution is 7.09. The Morgan fingerprint density at radius 3 is 2.37 bits per heavy atom. The monoisotopic (exact) mass is 435 g/mol. The summed E-state index contributed by atoms with van der Waals surface area (Å²) in [6, 6.07) is 9.67. The largest absolute Gasteiger partial charge is 0.383 e. The molecule has 0 radical (unpaired) electrons. The van der Waals surface area contributed by atoms with Crippen molar-refractivity contribution in [2.45, 2.75) is 39.4 Å². The van der Waals surface area contributed by atoms with Crippen LogP contribution in [-0.2, 0) is 22.6 Å². The SMILES string of the molecule is COCCN(CC(=O)N(Cc1ccc(F)cc1)Cc1cccs1)C(=O)NC(C)(C)C. The Hall–Kier alpha value is -2.45. The van der Waals surface area contributed by atoms with E-state index in [1.54, 1.807) is 35.5 Å². The van der Waals surface area contributed by atoms with Crippen molar-refractivity contribution in [3.8, 4) is 0 Å². The van der Waals surface area contributed by atoms with Crippen molar-refractivity contribution in [1.82, 2.24) is 15.1 Å². The molecule has 3 amide bonds. The Balaban J connectivity index is 2.16. The number of rotatable bonds is 9. The van der Waals surface area contributed by atoms with Crippen molar-refractivity contribution in [2.75, 3.05) is 26.8 Å². The molecule has 0 saturated carbocycles. The Kier molecular flexibility index (Phi) is 8.80. The topological polar surface area (TPSA) is 61.9 Å². The molecule has 0 unspecified atom stereocenters. The van der Waals surface area contributed by atoms with E-state index in [1.165, 1.54) is 17.0 Å². The van der Waals surface area contributed by atoms with Crippen LogP contribution < -0.4 is 5.32 Å². The summed E-state index contributed by atoms with van der Waals surface area (Å²) in [5.74, 6) is -0.507. The number of hydrogen-bond donors (Lipinski definition) is 1. The minimum absolute atomic E-state index is 0.0716. The second-order valence-corrected chi connectivity index (χ2v) is 9.08.